The fourth-order valence-electron chi connectivity index (χ4n) is 2.94. The van der Waals surface area contributed by atoms with Crippen molar-refractivity contribution in [2.75, 3.05) is 24.5 Å². The minimum absolute atomic E-state index is 0.380. The quantitative estimate of drug-likeness (QED) is 0.816. The highest BCUT2D eigenvalue weighted by Crippen LogP contribution is 2.24. The fourth-order valence-corrected chi connectivity index (χ4v) is 2.94. The van der Waals surface area contributed by atoms with Gasteiger partial charge in [-0.3, -0.25) is 0 Å². The first-order valence-electron chi connectivity index (χ1n) is 8.44. The van der Waals surface area contributed by atoms with Gasteiger partial charge in [0.2, 0.25) is 0 Å². The zero-order chi connectivity index (χ0) is 15.2. The van der Waals surface area contributed by atoms with Gasteiger partial charge in [0, 0.05) is 36.8 Å². The Kier molecular flexibility index (Phi) is 5.97. The van der Waals surface area contributed by atoms with Crippen molar-refractivity contribution in [3.63, 3.8) is 0 Å². The van der Waals surface area contributed by atoms with Crippen LogP contribution in [0.4, 0.5) is 5.82 Å². The van der Waals surface area contributed by atoms with Crippen molar-refractivity contribution >= 4 is 5.82 Å². The van der Waals surface area contributed by atoms with Crippen LogP contribution in [0.2, 0.25) is 0 Å². The van der Waals surface area contributed by atoms with Crippen LogP contribution in [0.15, 0.2) is 6.07 Å². The number of aryl methyl sites for hydroxylation is 1. The lowest BCUT2D eigenvalue weighted by Gasteiger charge is -2.37. The highest BCUT2D eigenvalue weighted by molar-refractivity contribution is 5.42. The van der Waals surface area contributed by atoms with E-state index in [9.17, 15) is 0 Å². The van der Waals surface area contributed by atoms with Crippen molar-refractivity contribution in [3.8, 4) is 0 Å². The molecule has 1 aromatic rings. The highest BCUT2D eigenvalue weighted by atomic mass is 15.2. The van der Waals surface area contributed by atoms with Gasteiger partial charge >= 0.3 is 0 Å². The van der Waals surface area contributed by atoms with E-state index in [0.29, 0.717) is 12.0 Å². The first-order chi connectivity index (χ1) is 10.1. The molecule has 1 N–H and O–H groups in total. The number of piperidine rings is 1. The van der Waals surface area contributed by atoms with Gasteiger partial charge in [-0.1, -0.05) is 20.8 Å². The zero-order valence-electron chi connectivity index (χ0n) is 14.0. The molecule has 1 saturated heterocycles. The maximum absolute atomic E-state index is 4.82. The van der Waals surface area contributed by atoms with Gasteiger partial charge in [0.1, 0.15) is 11.6 Å². The first-order valence-corrected chi connectivity index (χ1v) is 8.44. The summed E-state index contributed by atoms with van der Waals surface area (Å²) >= 11 is 0. The normalized spacial score (nSPS) is 19.3. The van der Waals surface area contributed by atoms with E-state index in [1.54, 1.807) is 0 Å². The molecule has 0 aliphatic carbocycles. The molecular formula is C17H30N4. The summed E-state index contributed by atoms with van der Waals surface area (Å²) in [5, 5.41) is 3.57. The molecule has 4 nitrogen and oxygen atoms in total. The van der Waals surface area contributed by atoms with Crippen LogP contribution < -0.4 is 10.2 Å². The number of hydrogen-bond acceptors (Lipinski definition) is 4. The van der Waals surface area contributed by atoms with E-state index in [4.69, 9.17) is 4.98 Å². The van der Waals surface area contributed by atoms with E-state index >= 15 is 0 Å². The maximum atomic E-state index is 4.82. The Bertz CT molecular complexity index is 444. The minimum atomic E-state index is 0.380. The molecule has 0 radical (unpaired) electrons. The van der Waals surface area contributed by atoms with E-state index in [0.717, 1.165) is 37.0 Å². The Morgan fingerprint density at radius 3 is 2.86 bits per heavy atom. The lowest BCUT2D eigenvalue weighted by atomic mass is 10.0. The second-order valence-electron chi connectivity index (χ2n) is 6.43. The van der Waals surface area contributed by atoms with Crippen molar-refractivity contribution in [1.82, 2.24) is 15.3 Å². The zero-order valence-corrected chi connectivity index (χ0v) is 14.0. The van der Waals surface area contributed by atoms with E-state index in [1.807, 2.05) is 0 Å². The Morgan fingerprint density at radius 1 is 1.33 bits per heavy atom. The lowest BCUT2D eigenvalue weighted by molar-refractivity contribution is 0.432. The van der Waals surface area contributed by atoms with E-state index in [2.05, 4.69) is 49.0 Å². The molecule has 2 heterocycles. The Labute approximate surface area is 129 Å². The largest absolute Gasteiger partial charge is 0.352 e. The van der Waals surface area contributed by atoms with E-state index in [-0.39, 0.29) is 0 Å². The smallest absolute Gasteiger partial charge is 0.133 e. The third-order valence-electron chi connectivity index (χ3n) is 4.10. The Hall–Kier alpha value is -1.16. The first kappa shape index (κ1) is 16.2. The van der Waals surface area contributed by atoms with E-state index in [1.165, 1.54) is 25.7 Å². The van der Waals surface area contributed by atoms with E-state index < -0.39 is 0 Å². The summed E-state index contributed by atoms with van der Waals surface area (Å²) in [5.41, 5.74) is 1.08. The van der Waals surface area contributed by atoms with Crippen LogP contribution in [0.3, 0.4) is 0 Å². The van der Waals surface area contributed by atoms with Crippen LogP contribution in [0.25, 0.3) is 0 Å². The molecule has 0 amide bonds. The minimum Gasteiger partial charge on any atom is -0.352 e. The van der Waals surface area contributed by atoms with Crippen LogP contribution in [0, 0.1) is 6.92 Å². The fraction of sp³-hybridized carbons (Fsp3) is 0.765. The van der Waals surface area contributed by atoms with Gasteiger partial charge in [0.25, 0.3) is 0 Å². The number of anilines is 1. The number of aromatic nitrogens is 2. The SMILES string of the molecule is CCCNCC1CCCCN1c1cc(C)nc(C(C)C)n1. The summed E-state index contributed by atoms with van der Waals surface area (Å²) in [6.07, 6.45) is 5.05. The third kappa shape index (κ3) is 4.40. The van der Waals surface area contributed by atoms with Crippen molar-refractivity contribution in [3.05, 3.63) is 17.6 Å². The summed E-state index contributed by atoms with van der Waals surface area (Å²) in [5.74, 6) is 2.47. The molecule has 1 aliphatic heterocycles. The molecule has 1 fully saturated rings. The number of nitrogens with zero attached hydrogens (tertiary/aromatic N) is 3. The molecule has 1 aliphatic rings. The summed E-state index contributed by atoms with van der Waals surface area (Å²) in [6, 6.07) is 2.71. The molecule has 4 heteroatoms. The topological polar surface area (TPSA) is 41.0 Å². The second-order valence-corrected chi connectivity index (χ2v) is 6.43. The molecule has 1 aromatic heterocycles. The van der Waals surface area contributed by atoms with Crippen LogP contribution in [0.1, 0.15) is 63.9 Å². The number of nitrogens with one attached hydrogen (secondary N) is 1. The van der Waals surface area contributed by atoms with Crippen LogP contribution in [-0.4, -0.2) is 35.6 Å². The maximum Gasteiger partial charge on any atom is 0.133 e. The standard InChI is InChI=1S/C17H30N4/c1-5-9-18-12-15-8-6-7-10-21(15)16-11-14(4)19-17(20-16)13(2)3/h11,13,15,18H,5-10,12H2,1-4H3. The van der Waals surface area contributed by atoms with Crippen LogP contribution in [0.5, 0.6) is 0 Å². The van der Waals surface area contributed by atoms with Crippen molar-refractivity contribution in [2.24, 2.45) is 0 Å². The van der Waals surface area contributed by atoms with Crippen molar-refractivity contribution < 1.29 is 0 Å². The lowest BCUT2D eigenvalue weighted by Crippen LogP contribution is -2.46. The molecule has 0 saturated carbocycles. The molecule has 2 rings (SSSR count). The van der Waals surface area contributed by atoms with Gasteiger partial charge in [-0.2, -0.15) is 0 Å². The molecule has 0 spiro atoms. The Balaban J connectivity index is 2.16. The van der Waals surface area contributed by atoms with Crippen LogP contribution >= 0.6 is 0 Å². The average Bonchev–Trinajstić information content (AvgIpc) is 2.47. The molecule has 118 valence electrons. The summed E-state index contributed by atoms with van der Waals surface area (Å²) in [6.45, 7) is 11.9. The molecule has 1 unspecified atom stereocenters. The summed E-state index contributed by atoms with van der Waals surface area (Å²) < 4.78 is 0. The molecule has 1 atom stereocenters. The van der Waals surface area contributed by atoms with Gasteiger partial charge in [0.15, 0.2) is 0 Å². The molecular weight excluding hydrogens is 260 g/mol. The third-order valence-corrected chi connectivity index (χ3v) is 4.10. The summed E-state index contributed by atoms with van der Waals surface area (Å²) in [4.78, 5) is 11.9. The van der Waals surface area contributed by atoms with Crippen LogP contribution in [-0.2, 0) is 0 Å². The molecule has 21 heavy (non-hydrogen) atoms. The predicted octanol–water partition coefficient (Wildman–Crippen LogP) is 3.27. The van der Waals surface area contributed by atoms with Crippen molar-refractivity contribution in [2.45, 2.75) is 65.3 Å². The van der Waals surface area contributed by atoms with Gasteiger partial charge in [-0.05, 0) is 39.2 Å². The highest BCUT2D eigenvalue weighted by Gasteiger charge is 2.24. The van der Waals surface area contributed by atoms with Gasteiger partial charge < -0.3 is 10.2 Å². The average molecular weight is 290 g/mol. The van der Waals surface area contributed by atoms with Crippen molar-refractivity contribution in [1.29, 1.82) is 0 Å². The molecule has 0 aromatic carbocycles. The van der Waals surface area contributed by atoms with Gasteiger partial charge in [-0.25, -0.2) is 9.97 Å². The number of rotatable bonds is 6. The Morgan fingerprint density at radius 2 is 2.14 bits per heavy atom. The monoisotopic (exact) mass is 290 g/mol. The molecule has 0 bridgehead atoms. The van der Waals surface area contributed by atoms with Gasteiger partial charge in [-0.15, -0.1) is 0 Å². The number of hydrogen-bond donors (Lipinski definition) is 1. The van der Waals surface area contributed by atoms with Gasteiger partial charge in [0.05, 0.1) is 0 Å². The predicted molar refractivity (Wildman–Crippen MR) is 89.0 cm³/mol. The second kappa shape index (κ2) is 7.74. The summed E-state index contributed by atoms with van der Waals surface area (Å²) in [7, 11) is 0.